The number of alkyl halides is 3. The molecule has 1 atom stereocenters. The lowest BCUT2D eigenvalue weighted by molar-refractivity contribution is -0.129. The summed E-state index contributed by atoms with van der Waals surface area (Å²) in [6.07, 6.45) is 6.58. The number of rotatable bonds is 10. The van der Waals surface area contributed by atoms with Crippen LogP contribution in [0.5, 0.6) is 0 Å². The van der Waals surface area contributed by atoms with Crippen molar-refractivity contribution in [1.82, 2.24) is 9.21 Å². The minimum atomic E-state index is -4.05. The highest BCUT2D eigenvalue weighted by atomic mass is 32.2. The van der Waals surface area contributed by atoms with Gasteiger partial charge in [0, 0.05) is 64.0 Å². The van der Waals surface area contributed by atoms with Gasteiger partial charge in [-0.05, 0) is 61.9 Å². The predicted octanol–water partition coefficient (Wildman–Crippen LogP) is 6.18. The lowest BCUT2D eigenvalue weighted by Gasteiger charge is -2.35. The molecule has 0 bridgehead atoms. The first-order chi connectivity index (χ1) is 16.3. The van der Waals surface area contributed by atoms with Gasteiger partial charge in [-0.2, -0.15) is 13.2 Å². The highest BCUT2D eigenvalue weighted by Crippen LogP contribution is 2.29. The number of piperidine rings is 2. The average molecular weight is 503 g/mol. The zero-order valence-electron chi connectivity index (χ0n) is 20.7. The van der Waals surface area contributed by atoms with Crippen LogP contribution < -0.4 is 0 Å². The van der Waals surface area contributed by atoms with Gasteiger partial charge in [0.1, 0.15) is 0 Å². The summed E-state index contributed by atoms with van der Waals surface area (Å²) in [5, 5.41) is 0. The van der Waals surface area contributed by atoms with Gasteiger partial charge in [0.25, 0.3) is 0 Å². The van der Waals surface area contributed by atoms with Crippen LogP contribution in [0, 0.1) is 17.8 Å². The van der Waals surface area contributed by atoms with Crippen molar-refractivity contribution in [2.45, 2.75) is 71.4 Å². The van der Waals surface area contributed by atoms with E-state index in [4.69, 9.17) is 4.74 Å². The number of guanidine groups is 1. The van der Waals surface area contributed by atoms with Gasteiger partial charge in [-0.3, -0.25) is 4.31 Å². The topological polar surface area (TPSA) is 40.4 Å². The molecule has 9 heteroatoms. The Morgan fingerprint density at radius 3 is 2.56 bits per heavy atom. The van der Waals surface area contributed by atoms with Crippen molar-refractivity contribution in [3.63, 3.8) is 0 Å². The van der Waals surface area contributed by atoms with Crippen molar-refractivity contribution in [3.05, 3.63) is 11.8 Å². The second-order valence-corrected chi connectivity index (χ2v) is 11.0. The van der Waals surface area contributed by atoms with Crippen LogP contribution in [0.3, 0.4) is 0 Å². The van der Waals surface area contributed by atoms with Crippen molar-refractivity contribution in [3.8, 4) is 0 Å². The van der Waals surface area contributed by atoms with E-state index >= 15 is 0 Å². The lowest BCUT2D eigenvalue weighted by atomic mass is 9.84. The van der Waals surface area contributed by atoms with Gasteiger partial charge in [-0.1, -0.05) is 25.8 Å². The number of hydrogen-bond acceptors (Lipinski definition) is 6. The molecule has 194 valence electrons. The van der Waals surface area contributed by atoms with E-state index in [0.717, 1.165) is 77.5 Å². The fourth-order valence-corrected chi connectivity index (χ4v) is 5.85. The van der Waals surface area contributed by atoms with Crippen LogP contribution in [0.15, 0.2) is 21.8 Å². The molecule has 0 spiro atoms. The van der Waals surface area contributed by atoms with Crippen molar-refractivity contribution >= 4 is 24.1 Å². The smallest absolute Gasteiger partial charge is 0.381 e. The van der Waals surface area contributed by atoms with Crippen molar-refractivity contribution in [2.24, 2.45) is 27.7 Å². The molecule has 3 aliphatic rings. The molecule has 0 aromatic rings. The van der Waals surface area contributed by atoms with Gasteiger partial charge >= 0.3 is 6.18 Å². The molecule has 0 amide bonds. The molecule has 0 aliphatic carbocycles. The third-order valence-corrected chi connectivity index (χ3v) is 8.43. The van der Waals surface area contributed by atoms with Crippen LogP contribution in [0.25, 0.3) is 0 Å². The number of nitrogens with zero attached hydrogens (tertiary/aromatic N) is 4. The summed E-state index contributed by atoms with van der Waals surface area (Å²) in [7, 11) is 0. The zero-order chi connectivity index (χ0) is 24.4. The highest BCUT2D eigenvalue weighted by Gasteiger charge is 2.28. The second kappa shape index (κ2) is 13.9. The normalized spacial score (nSPS) is 22.4. The Hall–Kier alpha value is -1.06. The summed E-state index contributed by atoms with van der Waals surface area (Å²) in [4.78, 5) is 11.5. The number of likely N-dealkylation sites (tertiary alicyclic amines) is 1. The summed E-state index contributed by atoms with van der Waals surface area (Å²) >= 11 is 1.34. The Balaban J connectivity index is 1.25. The average Bonchev–Trinajstić information content (AvgIpc) is 3.08. The number of ether oxygens (including phenoxy) is 1. The minimum Gasteiger partial charge on any atom is -0.381 e. The molecule has 3 aliphatic heterocycles. The van der Waals surface area contributed by atoms with Crippen LogP contribution in [0.2, 0.25) is 0 Å². The Labute approximate surface area is 207 Å². The van der Waals surface area contributed by atoms with Gasteiger partial charge in [0.2, 0.25) is 5.96 Å². The van der Waals surface area contributed by atoms with Crippen molar-refractivity contribution in [1.29, 1.82) is 0 Å². The van der Waals surface area contributed by atoms with E-state index < -0.39 is 12.6 Å². The fraction of sp³-hybridized carbons (Fsp3) is 0.840. The third-order valence-electron chi connectivity index (χ3n) is 7.31. The molecule has 0 aromatic heterocycles. The quantitative estimate of drug-likeness (QED) is 0.264. The summed E-state index contributed by atoms with van der Waals surface area (Å²) in [5.74, 6) is 2.87. The molecule has 3 heterocycles. The van der Waals surface area contributed by atoms with Gasteiger partial charge in [0.15, 0.2) is 0 Å². The van der Waals surface area contributed by atoms with Gasteiger partial charge < -0.3 is 9.64 Å². The fourth-order valence-electron chi connectivity index (χ4n) is 4.80. The number of hydrogen-bond donors (Lipinski definition) is 0. The number of halogens is 3. The van der Waals surface area contributed by atoms with Crippen molar-refractivity contribution < 1.29 is 17.9 Å². The van der Waals surface area contributed by atoms with E-state index in [1.165, 1.54) is 30.4 Å². The molecule has 0 unspecified atom stereocenters. The van der Waals surface area contributed by atoms with E-state index in [0.29, 0.717) is 17.8 Å². The molecular formula is C25H41F3N4OS. The van der Waals surface area contributed by atoms with Gasteiger partial charge in [-0.15, -0.1) is 0 Å². The maximum atomic E-state index is 12.3. The minimum absolute atomic E-state index is 0.125. The van der Waals surface area contributed by atoms with E-state index in [1.807, 2.05) is 12.4 Å². The molecule has 0 radical (unpaired) electrons. The van der Waals surface area contributed by atoms with Crippen LogP contribution in [0.4, 0.5) is 13.2 Å². The lowest BCUT2D eigenvalue weighted by Crippen LogP contribution is -2.39. The Bertz CT molecular complexity index is 697. The molecule has 5 nitrogen and oxygen atoms in total. The van der Waals surface area contributed by atoms with E-state index in [1.54, 1.807) is 0 Å². The zero-order valence-corrected chi connectivity index (χ0v) is 21.5. The Morgan fingerprint density at radius 2 is 1.88 bits per heavy atom. The highest BCUT2D eigenvalue weighted by molar-refractivity contribution is 7.97. The van der Waals surface area contributed by atoms with Crippen molar-refractivity contribution in [2.75, 3.05) is 45.1 Å². The molecule has 34 heavy (non-hydrogen) atoms. The summed E-state index contributed by atoms with van der Waals surface area (Å²) in [6.45, 7) is 9.82. The van der Waals surface area contributed by atoms with Crippen LogP contribution in [0.1, 0.15) is 65.2 Å². The Kier molecular flexibility index (Phi) is 11.2. The van der Waals surface area contributed by atoms with E-state index in [2.05, 4.69) is 33.0 Å². The second-order valence-electron chi connectivity index (χ2n) is 9.82. The third kappa shape index (κ3) is 9.53. The molecule has 2 saturated heterocycles. The molecule has 2 fully saturated rings. The first-order valence-electron chi connectivity index (χ1n) is 12.9. The monoisotopic (exact) mass is 502 g/mol. The summed E-state index contributed by atoms with van der Waals surface area (Å²) in [6, 6.07) is 0. The Morgan fingerprint density at radius 1 is 1.15 bits per heavy atom. The van der Waals surface area contributed by atoms with Crippen LogP contribution in [-0.4, -0.2) is 72.7 Å². The molecule has 0 N–H and O–H groups in total. The summed E-state index contributed by atoms with van der Waals surface area (Å²) < 4.78 is 45.0. The predicted molar refractivity (Wildman–Crippen MR) is 135 cm³/mol. The van der Waals surface area contributed by atoms with Crippen LogP contribution >= 0.6 is 11.9 Å². The molecule has 0 saturated carbocycles. The van der Waals surface area contributed by atoms with Gasteiger partial charge in [0.05, 0.1) is 6.42 Å². The number of allylic oxidation sites excluding steroid dienone is 1. The maximum Gasteiger partial charge on any atom is 0.389 e. The first kappa shape index (κ1) is 27.5. The first-order valence-corrected chi connectivity index (χ1v) is 13.8. The van der Waals surface area contributed by atoms with Crippen LogP contribution in [-0.2, 0) is 4.74 Å². The SMILES string of the molecule is CCC1=CN=C(N2CCC([C@@H](C)CCOCC3CCN(SCCC(F)(F)F)CC3)CC2)N=CC1. The largest absolute Gasteiger partial charge is 0.389 e. The molecular weight excluding hydrogens is 461 g/mol. The molecule has 3 rings (SSSR count). The van der Waals surface area contributed by atoms with E-state index in [-0.39, 0.29) is 5.75 Å². The standard InChI is InChI=1S/C25H41F3N4OS/c1-3-21-4-11-29-24(30-18-21)31-12-7-23(8-13-31)20(2)9-16-33-19-22-5-14-32(15-6-22)34-17-10-25(26,27)28/h11,18,20,22-23H,3-10,12-17,19H2,1-2H3/t20-/m0/s1. The van der Waals surface area contributed by atoms with E-state index in [9.17, 15) is 13.2 Å². The van der Waals surface area contributed by atoms with Gasteiger partial charge in [-0.25, -0.2) is 9.98 Å². The molecule has 0 aromatic carbocycles. The number of aliphatic imine (C=N–C) groups is 2. The summed E-state index contributed by atoms with van der Waals surface area (Å²) in [5.41, 5.74) is 1.33. The maximum absolute atomic E-state index is 12.3.